The van der Waals surface area contributed by atoms with Crippen molar-refractivity contribution in [3.8, 4) is 0 Å². The summed E-state index contributed by atoms with van der Waals surface area (Å²) in [6, 6.07) is 5.01. The molecule has 1 aliphatic rings. The van der Waals surface area contributed by atoms with Gasteiger partial charge in [0.05, 0.1) is 5.56 Å². The first-order valence-electron chi connectivity index (χ1n) is 9.84. The first kappa shape index (κ1) is 19.6. The number of carbonyl (C=O) groups is 2. The van der Waals surface area contributed by atoms with Gasteiger partial charge in [-0.1, -0.05) is 6.92 Å². The Morgan fingerprint density at radius 3 is 2.60 bits per heavy atom. The van der Waals surface area contributed by atoms with Crippen LogP contribution in [0.15, 0.2) is 35.4 Å². The number of rotatable bonds is 4. The zero-order chi connectivity index (χ0) is 21.3. The molecule has 1 aliphatic heterocycles. The van der Waals surface area contributed by atoms with E-state index in [9.17, 15) is 14.4 Å². The Kier molecular flexibility index (Phi) is 5.21. The van der Waals surface area contributed by atoms with Crippen molar-refractivity contribution in [3.63, 3.8) is 0 Å². The van der Waals surface area contributed by atoms with Crippen LogP contribution < -0.4 is 15.8 Å². The average Bonchev–Trinajstić information content (AvgIpc) is 3.20. The number of anilines is 1. The number of amides is 2. The molecule has 4 heterocycles. The molecule has 0 bridgehead atoms. The first-order chi connectivity index (χ1) is 14.5. The maximum Gasteiger partial charge on any atom is 0.269 e. The third kappa shape index (κ3) is 3.63. The lowest BCUT2D eigenvalue weighted by molar-refractivity contribution is 0.0745. The number of fused-ring (bicyclic) bond motifs is 1. The molecule has 0 radical (unpaired) electrons. The van der Waals surface area contributed by atoms with Crippen molar-refractivity contribution in [1.29, 1.82) is 0 Å². The lowest BCUT2D eigenvalue weighted by Gasteiger charge is -2.34. The molecule has 0 aromatic carbocycles. The van der Waals surface area contributed by atoms with E-state index in [1.807, 2.05) is 13.0 Å². The second kappa shape index (κ2) is 7.97. The number of H-pyrrole nitrogens is 1. The van der Waals surface area contributed by atoms with Gasteiger partial charge in [0, 0.05) is 57.3 Å². The Labute approximate surface area is 172 Å². The molecule has 1 fully saturated rings. The van der Waals surface area contributed by atoms with Gasteiger partial charge in [0.15, 0.2) is 5.82 Å². The number of piperazine rings is 1. The van der Waals surface area contributed by atoms with Gasteiger partial charge in [0.2, 0.25) is 0 Å². The molecular formula is C20H23N7O3. The standard InChI is InChI=1S/C20H23N7O3/c1-3-13-12-27-16(23-18(13)28)10-17(24-27)25-6-8-26(9-7-25)20(30)14-4-5-15(22-11-14)19(29)21-2/h4-5,10-12H,3,6-9H2,1-2H3,(H,21,29)(H,23,28). The first-order valence-corrected chi connectivity index (χ1v) is 9.84. The van der Waals surface area contributed by atoms with Gasteiger partial charge in [0.25, 0.3) is 17.4 Å². The summed E-state index contributed by atoms with van der Waals surface area (Å²) < 4.78 is 1.69. The lowest BCUT2D eigenvalue weighted by Crippen LogP contribution is -2.49. The van der Waals surface area contributed by atoms with E-state index in [0.29, 0.717) is 49.4 Å². The largest absolute Gasteiger partial charge is 0.354 e. The number of hydrogen-bond acceptors (Lipinski definition) is 6. The van der Waals surface area contributed by atoms with Crippen LogP contribution in [-0.2, 0) is 6.42 Å². The minimum atomic E-state index is -0.289. The maximum absolute atomic E-state index is 12.7. The monoisotopic (exact) mass is 409 g/mol. The zero-order valence-corrected chi connectivity index (χ0v) is 16.9. The van der Waals surface area contributed by atoms with Crippen LogP contribution in [0.2, 0.25) is 0 Å². The van der Waals surface area contributed by atoms with Crippen LogP contribution in [-0.4, -0.2) is 69.5 Å². The summed E-state index contributed by atoms with van der Waals surface area (Å²) in [6.07, 6.45) is 3.83. The molecule has 0 saturated carbocycles. The predicted octanol–water partition coefficient (Wildman–Crippen LogP) is 0.302. The molecule has 0 atom stereocenters. The van der Waals surface area contributed by atoms with Crippen LogP contribution in [0.3, 0.4) is 0 Å². The van der Waals surface area contributed by atoms with Crippen molar-refractivity contribution in [2.24, 2.45) is 0 Å². The van der Waals surface area contributed by atoms with Crippen LogP contribution in [0.4, 0.5) is 5.82 Å². The number of aromatic amines is 1. The van der Waals surface area contributed by atoms with Gasteiger partial charge in [0.1, 0.15) is 11.3 Å². The van der Waals surface area contributed by atoms with Crippen LogP contribution in [0, 0.1) is 0 Å². The molecule has 10 nitrogen and oxygen atoms in total. The number of aromatic nitrogens is 4. The fourth-order valence-corrected chi connectivity index (χ4v) is 3.49. The molecule has 1 saturated heterocycles. The lowest BCUT2D eigenvalue weighted by atomic mass is 10.2. The normalized spacial score (nSPS) is 14.2. The van der Waals surface area contributed by atoms with Crippen molar-refractivity contribution < 1.29 is 9.59 Å². The summed E-state index contributed by atoms with van der Waals surface area (Å²) >= 11 is 0. The summed E-state index contributed by atoms with van der Waals surface area (Å²) in [5.74, 6) is 0.364. The fraction of sp³-hybridized carbons (Fsp3) is 0.350. The molecule has 2 amide bonds. The number of carbonyl (C=O) groups excluding carboxylic acids is 2. The van der Waals surface area contributed by atoms with E-state index < -0.39 is 0 Å². The molecule has 0 aliphatic carbocycles. The van der Waals surface area contributed by atoms with Gasteiger partial charge in [-0.2, -0.15) is 0 Å². The highest BCUT2D eigenvalue weighted by Gasteiger charge is 2.24. The number of nitrogens with zero attached hydrogens (tertiary/aromatic N) is 5. The Morgan fingerprint density at radius 1 is 1.20 bits per heavy atom. The smallest absolute Gasteiger partial charge is 0.269 e. The van der Waals surface area contributed by atoms with Gasteiger partial charge < -0.3 is 20.1 Å². The number of hydrogen-bond donors (Lipinski definition) is 2. The van der Waals surface area contributed by atoms with Crippen LogP contribution in [0.5, 0.6) is 0 Å². The molecule has 30 heavy (non-hydrogen) atoms. The van der Waals surface area contributed by atoms with E-state index in [4.69, 9.17) is 0 Å². The van der Waals surface area contributed by atoms with Gasteiger partial charge >= 0.3 is 0 Å². The Hall–Kier alpha value is -3.69. The van der Waals surface area contributed by atoms with Crippen LogP contribution in [0.25, 0.3) is 5.65 Å². The van der Waals surface area contributed by atoms with Gasteiger partial charge in [-0.25, -0.2) is 4.52 Å². The molecular weight excluding hydrogens is 386 g/mol. The van der Waals surface area contributed by atoms with Gasteiger partial charge in [-0.3, -0.25) is 19.4 Å². The quantitative estimate of drug-likeness (QED) is 0.640. The molecule has 0 spiro atoms. The minimum absolute atomic E-state index is 0.0945. The summed E-state index contributed by atoms with van der Waals surface area (Å²) in [7, 11) is 1.53. The molecule has 4 rings (SSSR count). The van der Waals surface area contributed by atoms with Crippen molar-refractivity contribution >= 4 is 23.3 Å². The Balaban J connectivity index is 1.43. The highest BCUT2D eigenvalue weighted by atomic mass is 16.2. The summed E-state index contributed by atoms with van der Waals surface area (Å²) in [6.45, 7) is 4.27. The third-order valence-corrected chi connectivity index (χ3v) is 5.28. The summed E-state index contributed by atoms with van der Waals surface area (Å²) in [4.78, 5) is 47.1. The predicted molar refractivity (Wildman–Crippen MR) is 111 cm³/mol. The van der Waals surface area contributed by atoms with Gasteiger partial charge in [-0.05, 0) is 18.6 Å². The van der Waals surface area contributed by atoms with E-state index >= 15 is 0 Å². The van der Waals surface area contributed by atoms with E-state index in [0.717, 1.165) is 5.82 Å². The molecule has 2 N–H and O–H groups in total. The van der Waals surface area contributed by atoms with Crippen molar-refractivity contribution in [2.45, 2.75) is 13.3 Å². The Bertz CT molecular complexity index is 1140. The third-order valence-electron chi connectivity index (χ3n) is 5.28. The van der Waals surface area contributed by atoms with E-state index in [-0.39, 0.29) is 23.1 Å². The Morgan fingerprint density at radius 2 is 1.97 bits per heavy atom. The number of aryl methyl sites for hydroxylation is 1. The van der Waals surface area contributed by atoms with E-state index in [1.165, 1.54) is 13.2 Å². The summed E-state index contributed by atoms with van der Waals surface area (Å²) in [5, 5.41) is 7.07. The van der Waals surface area contributed by atoms with E-state index in [2.05, 4.69) is 25.3 Å². The maximum atomic E-state index is 12.7. The number of nitrogens with one attached hydrogen (secondary N) is 2. The second-order valence-corrected chi connectivity index (χ2v) is 7.08. The minimum Gasteiger partial charge on any atom is -0.354 e. The highest BCUT2D eigenvalue weighted by molar-refractivity contribution is 5.96. The average molecular weight is 409 g/mol. The number of pyridine rings is 1. The van der Waals surface area contributed by atoms with Crippen LogP contribution >= 0.6 is 0 Å². The molecule has 156 valence electrons. The topological polar surface area (TPSA) is 116 Å². The molecule has 10 heteroatoms. The van der Waals surface area contributed by atoms with Gasteiger partial charge in [-0.15, -0.1) is 5.10 Å². The van der Waals surface area contributed by atoms with Crippen molar-refractivity contribution in [1.82, 2.24) is 29.8 Å². The molecule has 3 aromatic rings. The van der Waals surface area contributed by atoms with Crippen molar-refractivity contribution in [2.75, 3.05) is 38.1 Å². The van der Waals surface area contributed by atoms with E-state index in [1.54, 1.807) is 27.7 Å². The molecule has 3 aromatic heterocycles. The zero-order valence-electron chi connectivity index (χ0n) is 16.9. The summed E-state index contributed by atoms with van der Waals surface area (Å²) in [5.41, 5.74) is 1.96. The van der Waals surface area contributed by atoms with Crippen LogP contribution in [0.1, 0.15) is 33.3 Å². The second-order valence-electron chi connectivity index (χ2n) is 7.08. The molecule has 0 unspecified atom stereocenters. The SMILES string of the molecule is CCc1cn2nc(N3CCN(C(=O)c4ccc(C(=O)NC)nc4)CC3)cc2[nH]c1=O. The van der Waals surface area contributed by atoms with Crippen molar-refractivity contribution in [3.05, 3.63) is 57.8 Å². The highest BCUT2D eigenvalue weighted by Crippen LogP contribution is 2.17. The fourth-order valence-electron chi connectivity index (χ4n) is 3.49.